The minimum atomic E-state index is -0.617. The van der Waals surface area contributed by atoms with Crippen LogP contribution in [0.2, 0.25) is 0 Å². The summed E-state index contributed by atoms with van der Waals surface area (Å²) in [7, 11) is 0. The maximum Gasteiger partial charge on any atom is 0.338 e. The summed E-state index contributed by atoms with van der Waals surface area (Å²) in [5, 5.41) is 0. The van der Waals surface area contributed by atoms with Crippen LogP contribution in [0.4, 0.5) is 0 Å². The molecule has 3 heterocycles. The van der Waals surface area contributed by atoms with E-state index in [1.165, 1.54) is 11.3 Å². The largest absolute Gasteiger partial charge is 0.463 e. The molecule has 0 amide bonds. The summed E-state index contributed by atoms with van der Waals surface area (Å²) >= 11 is 4.71. The van der Waals surface area contributed by atoms with Crippen molar-refractivity contribution in [2.45, 2.75) is 26.8 Å². The van der Waals surface area contributed by atoms with Crippen LogP contribution in [0.15, 0.2) is 66.3 Å². The third-order valence-electron chi connectivity index (χ3n) is 4.74. The van der Waals surface area contributed by atoms with Gasteiger partial charge in [0.05, 0.1) is 28.5 Å². The monoisotopic (exact) mass is 486 g/mol. The molecule has 0 fully saturated rings. The van der Waals surface area contributed by atoms with Crippen molar-refractivity contribution < 1.29 is 13.9 Å². The molecule has 1 aromatic carbocycles. The van der Waals surface area contributed by atoms with Crippen molar-refractivity contribution in [2.75, 3.05) is 6.61 Å². The number of hydrogen-bond donors (Lipinski definition) is 0. The molecule has 8 heteroatoms. The molecule has 1 unspecified atom stereocenters. The van der Waals surface area contributed by atoms with Gasteiger partial charge in [0.15, 0.2) is 4.80 Å². The second-order valence-corrected chi connectivity index (χ2v) is 8.73. The zero-order chi connectivity index (χ0) is 21.4. The van der Waals surface area contributed by atoms with E-state index in [4.69, 9.17) is 9.15 Å². The van der Waals surface area contributed by atoms with Crippen LogP contribution in [0.25, 0.3) is 6.08 Å². The van der Waals surface area contributed by atoms with Gasteiger partial charge >= 0.3 is 5.97 Å². The summed E-state index contributed by atoms with van der Waals surface area (Å²) < 4.78 is 13.8. The molecule has 1 aliphatic heterocycles. The Morgan fingerprint density at radius 2 is 2.00 bits per heavy atom. The highest BCUT2D eigenvalue weighted by molar-refractivity contribution is 9.10. The summed E-state index contributed by atoms with van der Waals surface area (Å²) in [6.07, 6.45) is 1.71. The number of esters is 1. The van der Waals surface area contributed by atoms with E-state index in [1.807, 2.05) is 43.3 Å². The number of aryl methyl sites for hydroxylation is 1. The van der Waals surface area contributed by atoms with E-state index in [9.17, 15) is 9.59 Å². The molecule has 6 nitrogen and oxygen atoms in total. The normalized spacial score (nSPS) is 16.4. The molecule has 154 valence electrons. The summed E-state index contributed by atoms with van der Waals surface area (Å²) in [5.41, 5.74) is 1.49. The lowest BCUT2D eigenvalue weighted by Crippen LogP contribution is -2.39. The molecule has 30 heavy (non-hydrogen) atoms. The van der Waals surface area contributed by atoms with E-state index < -0.39 is 12.0 Å². The maximum atomic E-state index is 13.4. The van der Waals surface area contributed by atoms with Gasteiger partial charge in [0.1, 0.15) is 11.5 Å². The summed E-state index contributed by atoms with van der Waals surface area (Å²) in [6, 6.07) is 10.6. The number of thiazole rings is 1. The highest BCUT2D eigenvalue weighted by atomic mass is 79.9. The number of hydrogen-bond acceptors (Lipinski definition) is 6. The molecule has 1 atom stereocenters. The topological polar surface area (TPSA) is 73.8 Å². The van der Waals surface area contributed by atoms with E-state index in [1.54, 1.807) is 24.5 Å². The van der Waals surface area contributed by atoms with Gasteiger partial charge in [-0.05, 0) is 50.6 Å². The maximum absolute atomic E-state index is 13.4. The Morgan fingerprint density at radius 1 is 1.27 bits per heavy atom. The third-order valence-corrected chi connectivity index (χ3v) is 6.25. The van der Waals surface area contributed by atoms with E-state index in [0.717, 1.165) is 15.8 Å². The highest BCUT2D eigenvalue weighted by Gasteiger charge is 2.33. The molecule has 1 aliphatic rings. The van der Waals surface area contributed by atoms with Gasteiger partial charge in [-0.3, -0.25) is 9.36 Å². The van der Waals surface area contributed by atoms with Crippen molar-refractivity contribution in [1.82, 2.24) is 4.57 Å². The average Bonchev–Trinajstić information content (AvgIpc) is 3.24. The smallest absolute Gasteiger partial charge is 0.338 e. The van der Waals surface area contributed by atoms with Gasteiger partial charge in [0, 0.05) is 10.5 Å². The first-order chi connectivity index (χ1) is 14.4. The Morgan fingerprint density at radius 3 is 2.63 bits per heavy atom. The Labute approximate surface area is 185 Å². The second kappa shape index (κ2) is 8.20. The van der Waals surface area contributed by atoms with Gasteiger partial charge in [-0.25, -0.2) is 9.79 Å². The molecule has 0 N–H and O–H groups in total. The lowest BCUT2D eigenvalue weighted by Gasteiger charge is -2.24. The van der Waals surface area contributed by atoms with Crippen molar-refractivity contribution in [3.8, 4) is 0 Å². The molecular weight excluding hydrogens is 468 g/mol. The minimum Gasteiger partial charge on any atom is -0.463 e. The third kappa shape index (κ3) is 3.73. The number of carbonyl (C=O) groups is 1. The Balaban J connectivity index is 1.96. The number of nitrogens with zero attached hydrogens (tertiary/aromatic N) is 2. The van der Waals surface area contributed by atoms with Crippen molar-refractivity contribution in [2.24, 2.45) is 4.99 Å². The van der Waals surface area contributed by atoms with E-state index in [2.05, 4.69) is 20.9 Å². The van der Waals surface area contributed by atoms with Crippen LogP contribution in [0.3, 0.4) is 0 Å². The van der Waals surface area contributed by atoms with Crippen LogP contribution in [-0.4, -0.2) is 17.1 Å². The first-order valence-electron chi connectivity index (χ1n) is 9.40. The van der Waals surface area contributed by atoms with Crippen LogP contribution >= 0.6 is 27.3 Å². The van der Waals surface area contributed by atoms with Crippen molar-refractivity contribution in [3.63, 3.8) is 0 Å². The number of ether oxygens (including phenoxy) is 1. The highest BCUT2D eigenvalue weighted by Crippen LogP contribution is 2.31. The molecule has 0 spiro atoms. The van der Waals surface area contributed by atoms with E-state index in [0.29, 0.717) is 26.4 Å². The Bertz CT molecular complexity index is 1330. The van der Waals surface area contributed by atoms with Gasteiger partial charge in [0.25, 0.3) is 5.56 Å². The number of halogens is 1. The Hall–Kier alpha value is -2.71. The fourth-order valence-electron chi connectivity index (χ4n) is 3.41. The SMILES string of the molecule is CCOC(=O)C1=C(C)N=c2s/c(=C\c3ccc(C)o3)c(=O)n2C1c1ccc(Br)cc1. The first kappa shape index (κ1) is 20.6. The zero-order valence-electron chi connectivity index (χ0n) is 16.6. The molecule has 0 radical (unpaired) electrons. The number of aromatic nitrogens is 1. The summed E-state index contributed by atoms with van der Waals surface area (Å²) in [5.74, 6) is 0.893. The second-order valence-electron chi connectivity index (χ2n) is 6.80. The molecule has 0 aliphatic carbocycles. The quantitative estimate of drug-likeness (QED) is 0.529. The number of carbonyl (C=O) groups excluding carboxylic acids is 1. The number of benzene rings is 1. The van der Waals surface area contributed by atoms with Crippen LogP contribution in [0.5, 0.6) is 0 Å². The fraction of sp³-hybridized carbons (Fsp3) is 0.227. The van der Waals surface area contributed by atoms with Gasteiger partial charge in [-0.15, -0.1) is 0 Å². The van der Waals surface area contributed by atoms with Gasteiger partial charge in [-0.2, -0.15) is 0 Å². The van der Waals surface area contributed by atoms with Crippen molar-refractivity contribution in [1.29, 1.82) is 0 Å². The zero-order valence-corrected chi connectivity index (χ0v) is 19.0. The van der Waals surface area contributed by atoms with Gasteiger partial charge < -0.3 is 9.15 Å². The number of rotatable bonds is 4. The molecule has 3 aromatic rings. The van der Waals surface area contributed by atoms with Crippen molar-refractivity contribution >= 4 is 39.3 Å². The van der Waals surface area contributed by atoms with Crippen LogP contribution < -0.4 is 14.9 Å². The summed E-state index contributed by atoms with van der Waals surface area (Å²) in [6.45, 7) is 5.61. The Kier molecular flexibility index (Phi) is 5.62. The van der Waals surface area contributed by atoms with Gasteiger partial charge in [-0.1, -0.05) is 39.4 Å². The molecule has 4 rings (SSSR count). The fourth-order valence-corrected chi connectivity index (χ4v) is 4.70. The van der Waals surface area contributed by atoms with Crippen LogP contribution in [0.1, 0.15) is 37.0 Å². The molecule has 0 saturated carbocycles. The van der Waals surface area contributed by atoms with Crippen LogP contribution in [-0.2, 0) is 9.53 Å². The average molecular weight is 487 g/mol. The van der Waals surface area contributed by atoms with E-state index in [-0.39, 0.29) is 12.2 Å². The lowest BCUT2D eigenvalue weighted by atomic mass is 9.96. The molecule has 0 bridgehead atoms. The first-order valence-corrected chi connectivity index (χ1v) is 11.0. The van der Waals surface area contributed by atoms with E-state index >= 15 is 0 Å². The number of fused-ring (bicyclic) bond motifs is 1. The molecular formula is C22H19BrN2O4S. The predicted molar refractivity (Wildman–Crippen MR) is 118 cm³/mol. The van der Waals surface area contributed by atoms with Crippen LogP contribution in [0, 0.1) is 6.92 Å². The van der Waals surface area contributed by atoms with Crippen molar-refractivity contribution in [3.05, 3.63) is 88.9 Å². The van der Waals surface area contributed by atoms with Gasteiger partial charge in [0.2, 0.25) is 0 Å². The minimum absolute atomic E-state index is 0.227. The lowest BCUT2D eigenvalue weighted by molar-refractivity contribution is -0.139. The number of furan rings is 1. The molecule has 2 aromatic heterocycles. The molecule has 0 saturated heterocycles. The standard InChI is InChI=1S/C22H19BrN2O4S/c1-4-28-21(27)18-13(3)24-22-25(19(18)14-6-8-15(23)9-7-14)20(26)17(30-22)11-16-10-5-12(2)29-16/h5-11,19H,4H2,1-3H3/b17-11-. The summed E-state index contributed by atoms with van der Waals surface area (Å²) in [4.78, 5) is 31.2. The number of allylic oxidation sites excluding steroid dienone is 1. The predicted octanol–water partition coefficient (Wildman–Crippen LogP) is 3.46.